The number of hydrogen-bond acceptors (Lipinski definition) is 8. The largest absolute Gasteiger partial charge is 0.463 e. The first-order chi connectivity index (χ1) is 14.9. The molecule has 160 valence electrons. The molecule has 1 atom stereocenters. The van der Waals surface area contributed by atoms with Crippen molar-refractivity contribution in [3.05, 3.63) is 47.9 Å². The number of ether oxygens (including phenoxy) is 2. The number of nitrogens with two attached hydrogens (primary N) is 1. The molecule has 0 spiro atoms. The summed E-state index contributed by atoms with van der Waals surface area (Å²) in [6.45, 7) is 2.27. The van der Waals surface area contributed by atoms with Gasteiger partial charge in [0, 0.05) is 12.8 Å². The number of rotatable bonds is 6. The summed E-state index contributed by atoms with van der Waals surface area (Å²) >= 11 is 0. The van der Waals surface area contributed by atoms with Crippen molar-refractivity contribution in [2.75, 3.05) is 25.6 Å². The first-order valence-electron chi connectivity index (χ1n) is 9.36. The van der Waals surface area contributed by atoms with Gasteiger partial charge in [0.05, 0.1) is 24.4 Å². The molecule has 2 aromatic rings. The summed E-state index contributed by atoms with van der Waals surface area (Å²) < 4.78 is 10.1. The van der Waals surface area contributed by atoms with Gasteiger partial charge in [-0.25, -0.2) is 15.0 Å². The molecule has 0 bridgehead atoms. The van der Waals surface area contributed by atoms with Gasteiger partial charge in [0.1, 0.15) is 12.3 Å². The van der Waals surface area contributed by atoms with Gasteiger partial charge in [-0.1, -0.05) is 24.0 Å². The number of guanidine groups is 1. The van der Waals surface area contributed by atoms with Gasteiger partial charge in [0.2, 0.25) is 11.8 Å². The van der Waals surface area contributed by atoms with E-state index < -0.39 is 11.4 Å². The van der Waals surface area contributed by atoms with Gasteiger partial charge in [-0.15, -0.1) is 0 Å². The number of amides is 2. The lowest BCUT2D eigenvalue weighted by atomic mass is 9.87. The average Bonchev–Trinajstić information content (AvgIpc) is 2.73. The number of methoxy groups -OCH3 is 1. The van der Waals surface area contributed by atoms with Crippen molar-refractivity contribution in [2.24, 2.45) is 10.7 Å². The van der Waals surface area contributed by atoms with E-state index in [-0.39, 0.29) is 36.5 Å². The fourth-order valence-corrected chi connectivity index (χ4v) is 2.92. The fourth-order valence-electron chi connectivity index (χ4n) is 2.92. The Morgan fingerprint density at radius 2 is 2.10 bits per heavy atom. The van der Waals surface area contributed by atoms with E-state index >= 15 is 0 Å². The van der Waals surface area contributed by atoms with Crippen LogP contribution in [0.1, 0.15) is 29.4 Å². The topological polar surface area (TPSA) is 141 Å². The number of benzene rings is 1. The van der Waals surface area contributed by atoms with Gasteiger partial charge >= 0.3 is 0 Å². The zero-order valence-corrected chi connectivity index (χ0v) is 17.1. The van der Waals surface area contributed by atoms with E-state index in [9.17, 15) is 9.59 Å². The molecular weight excluding hydrogens is 400 g/mol. The zero-order chi connectivity index (χ0) is 22.3. The van der Waals surface area contributed by atoms with Crippen LogP contribution >= 0.6 is 0 Å². The second kappa shape index (κ2) is 9.69. The summed E-state index contributed by atoms with van der Waals surface area (Å²) in [4.78, 5) is 36.9. The highest BCUT2D eigenvalue weighted by Crippen LogP contribution is 2.32. The highest BCUT2D eigenvalue weighted by atomic mass is 16.5. The molecule has 10 heteroatoms. The lowest BCUT2D eigenvalue weighted by Crippen LogP contribution is -2.46. The molecule has 2 heterocycles. The van der Waals surface area contributed by atoms with Crippen LogP contribution in [-0.4, -0.2) is 48.1 Å². The van der Waals surface area contributed by atoms with Gasteiger partial charge in [-0.3, -0.25) is 14.9 Å². The minimum atomic E-state index is -0.821. The number of aliphatic imine (C=N–C) groups is 1. The van der Waals surface area contributed by atoms with Crippen LogP contribution in [-0.2, 0) is 15.1 Å². The molecule has 1 aliphatic heterocycles. The van der Waals surface area contributed by atoms with E-state index in [2.05, 4.69) is 37.4 Å². The molecule has 31 heavy (non-hydrogen) atoms. The second-order valence-corrected chi connectivity index (χ2v) is 6.85. The maximum Gasteiger partial charge on any atom is 0.275 e. The van der Waals surface area contributed by atoms with Crippen LogP contribution in [0.15, 0.2) is 41.7 Å². The Hall–Kier alpha value is -3.97. The molecule has 1 aromatic heterocycles. The maximum absolute atomic E-state index is 12.5. The van der Waals surface area contributed by atoms with E-state index in [1.165, 1.54) is 12.4 Å². The van der Waals surface area contributed by atoms with Gasteiger partial charge < -0.3 is 20.5 Å². The van der Waals surface area contributed by atoms with Crippen LogP contribution in [0.3, 0.4) is 0 Å². The Labute approximate surface area is 179 Å². The Bertz CT molecular complexity index is 1060. The molecular formula is C21H22N6O4. The summed E-state index contributed by atoms with van der Waals surface area (Å²) in [7, 11) is 1.56. The minimum absolute atomic E-state index is 0.0652. The molecule has 0 saturated carbocycles. The fraction of sp³-hybridized carbons (Fsp3) is 0.286. The molecule has 10 nitrogen and oxygen atoms in total. The summed E-state index contributed by atoms with van der Waals surface area (Å²) in [5, 5.41) is 5.24. The van der Waals surface area contributed by atoms with E-state index in [0.29, 0.717) is 12.3 Å². The molecule has 1 aromatic carbocycles. The highest BCUT2D eigenvalue weighted by Gasteiger charge is 2.33. The lowest BCUT2D eigenvalue weighted by Gasteiger charge is -2.29. The molecule has 4 N–H and O–H groups in total. The first-order valence-corrected chi connectivity index (χ1v) is 9.36. The van der Waals surface area contributed by atoms with E-state index in [4.69, 9.17) is 15.2 Å². The number of nitrogens with zero attached hydrogens (tertiary/aromatic N) is 3. The van der Waals surface area contributed by atoms with Crippen LogP contribution in [0.2, 0.25) is 0 Å². The number of hydrogen-bond donors (Lipinski definition) is 3. The van der Waals surface area contributed by atoms with Crippen LogP contribution in [0, 0.1) is 11.8 Å². The molecule has 2 amide bonds. The summed E-state index contributed by atoms with van der Waals surface area (Å²) in [5.41, 5.74) is 6.27. The van der Waals surface area contributed by atoms with Crippen molar-refractivity contribution in [2.45, 2.75) is 18.9 Å². The van der Waals surface area contributed by atoms with E-state index in [1.54, 1.807) is 25.3 Å². The first kappa shape index (κ1) is 21.7. The number of carbonyl (C=O) groups is 2. The van der Waals surface area contributed by atoms with Crippen molar-refractivity contribution < 1.29 is 19.1 Å². The number of carbonyl (C=O) groups excluding carboxylic acids is 2. The second-order valence-electron chi connectivity index (χ2n) is 6.85. The minimum Gasteiger partial charge on any atom is -0.463 e. The van der Waals surface area contributed by atoms with Crippen molar-refractivity contribution in [1.29, 1.82) is 0 Å². The van der Waals surface area contributed by atoms with Gasteiger partial charge in [-0.2, -0.15) is 0 Å². The third-order valence-electron chi connectivity index (χ3n) is 4.38. The molecule has 0 aliphatic carbocycles. The van der Waals surface area contributed by atoms with Gasteiger partial charge in [0.25, 0.3) is 5.91 Å². The van der Waals surface area contributed by atoms with Crippen LogP contribution < -0.4 is 21.1 Å². The molecule has 3 rings (SSSR count). The number of anilines is 1. The third-order valence-corrected chi connectivity index (χ3v) is 4.38. The van der Waals surface area contributed by atoms with Crippen molar-refractivity contribution in [3.8, 4) is 17.7 Å². The quantitative estimate of drug-likeness (QED) is 0.585. The SMILES string of the molecule is COCC#CCOc1cnc(C(=O)Nc2cccc(C3(C)CC(=O)NC(N)=N3)c2)cn1. The van der Waals surface area contributed by atoms with Crippen LogP contribution in [0.4, 0.5) is 5.69 Å². The third kappa shape index (κ3) is 5.77. The molecule has 0 saturated heterocycles. The molecule has 0 radical (unpaired) electrons. The smallest absolute Gasteiger partial charge is 0.275 e. The monoisotopic (exact) mass is 422 g/mol. The zero-order valence-electron chi connectivity index (χ0n) is 17.1. The Kier molecular flexibility index (Phi) is 6.79. The van der Waals surface area contributed by atoms with Crippen molar-refractivity contribution in [1.82, 2.24) is 15.3 Å². The van der Waals surface area contributed by atoms with Gasteiger partial charge in [0.15, 0.2) is 12.6 Å². The van der Waals surface area contributed by atoms with Crippen LogP contribution in [0.25, 0.3) is 0 Å². The normalized spacial score (nSPS) is 17.6. The Morgan fingerprint density at radius 3 is 2.81 bits per heavy atom. The molecule has 1 aliphatic rings. The highest BCUT2D eigenvalue weighted by molar-refractivity contribution is 6.03. The van der Waals surface area contributed by atoms with Crippen molar-refractivity contribution in [3.63, 3.8) is 0 Å². The Morgan fingerprint density at radius 1 is 1.29 bits per heavy atom. The number of nitrogens with one attached hydrogen (secondary N) is 2. The standard InChI is InChI=1S/C21H22N6O4/c1-21(11-17(28)26-20(22)27-21)14-6-5-7-15(10-14)25-19(29)16-12-24-18(13-23-16)31-9-4-3-8-30-2/h5-7,10,12-13H,8-9,11H2,1-2H3,(H,25,29)(H3,22,26,27,28). The van der Waals surface area contributed by atoms with Gasteiger partial charge in [-0.05, 0) is 24.6 Å². The summed E-state index contributed by atoms with van der Waals surface area (Å²) in [6.07, 6.45) is 2.81. The summed E-state index contributed by atoms with van der Waals surface area (Å²) in [5.74, 6) is 5.17. The van der Waals surface area contributed by atoms with Crippen LogP contribution in [0.5, 0.6) is 5.88 Å². The lowest BCUT2D eigenvalue weighted by molar-refractivity contribution is -0.121. The van der Waals surface area contributed by atoms with E-state index in [0.717, 1.165) is 5.56 Å². The predicted octanol–water partition coefficient (Wildman–Crippen LogP) is 0.807. The Balaban J connectivity index is 1.66. The number of aromatic nitrogens is 2. The molecule has 1 unspecified atom stereocenters. The molecule has 0 fully saturated rings. The van der Waals surface area contributed by atoms with E-state index in [1.807, 2.05) is 13.0 Å². The van der Waals surface area contributed by atoms with Crippen molar-refractivity contribution >= 4 is 23.5 Å². The summed E-state index contributed by atoms with van der Waals surface area (Å²) in [6, 6.07) is 7.06. The predicted molar refractivity (Wildman–Crippen MR) is 113 cm³/mol. The average molecular weight is 422 g/mol. The maximum atomic E-state index is 12.5.